The second kappa shape index (κ2) is 8.15. The lowest BCUT2D eigenvalue weighted by Gasteiger charge is -2.16. The van der Waals surface area contributed by atoms with Gasteiger partial charge in [-0.1, -0.05) is 0 Å². The fourth-order valence-corrected chi connectivity index (χ4v) is 4.23. The van der Waals surface area contributed by atoms with Gasteiger partial charge in [0.15, 0.2) is 6.23 Å². The number of quaternary nitrogens is 1. The molecule has 25 heavy (non-hydrogen) atoms. The fourth-order valence-electron chi connectivity index (χ4n) is 2.54. The maximum absolute atomic E-state index is 11.9. The fraction of sp³-hybridized carbons (Fsp3) is 0.643. The van der Waals surface area contributed by atoms with Crippen LogP contribution in [0.3, 0.4) is 0 Å². The predicted molar refractivity (Wildman–Crippen MR) is 88.2 cm³/mol. The Kier molecular flexibility index (Phi) is 6.41. The maximum atomic E-state index is 11.9. The molecule has 0 spiro atoms. The Balaban J connectivity index is 1.99. The maximum Gasteiger partial charge on any atom is 0.351 e. The van der Waals surface area contributed by atoms with E-state index in [-0.39, 0.29) is 16.7 Å². The highest BCUT2D eigenvalue weighted by molar-refractivity contribution is 7.96. The number of hydrogen-bond donors (Lipinski definition) is 4. The normalized spacial score (nSPS) is 28.6. The van der Waals surface area contributed by atoms with Crippen LogP contribution in [-0.2, 0) is 20.4 Å². The van der Waals surface area contributed by atoms with Crippen molar-refractivity contribution in [3.63, 3.8) is 0 Å². The molecular formula is C14H23N4O6S+. The number of aliphatic hydroxyl groups excluding tert-OH is 2. The monoisotopic (exact) mass is 375 g/mol. The summed E-state index contributed by atoms with van der Waals surface area (Å²) in [4.78, 5) is 26.1. The van der Waals surface area contributed by atoms with Crippen LogP contribution in [0.5, 0.6) is 0 Å². The van der Waals surface area contributed by atoms with Crippen LogP contribution in [0, 0.1) is 0 Å². The summed E-state index contributed by atoms with van der Waals surface area (Å²) in [6.07, 6.45) is -0.556. The third-order valence-electron chi connectivity index (χ3n) is 4.06. The first-order valence-corrected chi connectivity index (χ1v) is 9.67. The largest absolute Gasteiger partial charge is 0.544 e. The van der Waals surface area contributed by atoms with Crippen molar-refractivity contribution in [2.45, 2.75) is 37.0 Å². The second-order valence-corrected chi connectivity index (χ2v) is 8.35. The lowest BCUT2D eigenvalue weighted by atomic mass is 10.1. The van der Waals surface area contributed by atoms with Gasteiger partial charge in [0.05, 0.1) is 12.2 Å². The summed E-state index contributed by atoms with van der Waals surface area (Å²) in [6.45, 7) is 0. The van der Waals surface area contributed by atoms with Gasteiger partial charge in [0.2, 0.25) is 0 Å². The van der Waals surface area contributed by atoms with Crippen molar-refractivity contribution in [2.75, 3.05) is 23.5 Å². The van der Waals surface area contributed by atoms with Crippen LogP contribution in [0.1, 0.15) is 12.6 Å². The van der Waals surface area contributed by atoms with Gasteiger partial charge in [0, 0.05) is 12.6 Å². The number of ether oxygens (including phenoxy) is 1. The Morgan fingerprint density at radius 1 is 1.56 bits per heavy atom. The van der Waals surface area contributed by atoms with Crippen LogP contribution in [0.25, 0.3) is 0 Å². The van der Waals surface area contributed by atoms with Crippen molar-refractivity contribution < 1.29 is 30.6 Å². The van der Waals surface area contributed by atoms with Crippen LogP contribution in [0.2, 0.25) is 0 Å². The minimum Gasteiger partial charge on any atom is -0.544 e. The summed E-state index contributed by atoms with van der Waals surface area (Å²) in [6, 6.07) is 0.609. The van der Waals surface area contributed by atoms with Gasteiger partial charge in [-0.2, -0.15) is 4.98 Å². The summed E-state index contributed by atoms with van der Waals surface area (Å²) in [7, 11) is -0.263. The number of hydrogen-bond acceptors (Lipinski definition) is 8. The highest BCUT2D eigenvalue weighted by Gasteiger charge is 2.46. The molecule has 10 nitrogen and oxygen atoms in total. The minimum absolute atomic E-state index is 0.0524. The molecule has 7 N–H and O–H groups in total. The van der Waals surface area contributed by atoms with Gasteiger partial charge in [-0.05, 0) is 17.0 Å². The number of nitrogens with zero attached hydrogens (tertiary/aromatic N) is 2. The summed E-state index contributed by atoms with van der Waals surface area (Å²) in [5.41, 5.74) is 8.26. The van der Waals surface area contributed by atoms with E-state index < -0.39 is 42.2 Å². The lowest BCUT2D eigenvalue weighted by Crippen LogP contribution is -2.68. The standard InChI is InChI=1S/C14H22N4O6S/c1-25(5-3-7(15)13(21)22)6-8-10(19)11(20)12(24-8)18-4-2-9(16)17-14(18)23/h2,4,7-8,10-12,19-20H,3,5-6,15H2,1H3,(H2-,16,17,21,22,23)/p+1/t7-,8+,10+,11+,12+,25?/m0/s1. The van der Waals surface area contributed by atoms with E-state index in [9.17, 15) is 24.9 Å². The average molecular weight is 375 g/mol. The number of nitrogen functional groups attached to an aromatic ring is 1. The van der Waals surface area contributed by atoms with Crippen LogP contribution >= 0.6 is 0 Å². The van der Waals surface area contributed by atoms with Gasteiger partial charge in [-0.3, -0.25) is 4.57 Å². The van der Waals surface area contributed by atoms with Gasteiger partial charge in [0.1, 0.15) is 41.7 Å². The summed E-state index contributed by atoms with van der Waals surface area (Å²) in [5, 5.41) is 31.1. The number of aliphatic hydroxyl groups is 2. The highest BCUT2D eigenvalue weighted by Crippen LogP contribution is 2.29. The Labute approximate surface area is 146 Å². The number of rotatable bonds is 7. The number of carbonyl (C=O) groups excluding carboxylic acids is 1. The molecule has 2 rings (SSSR count). The van der Waals surface area contributed by atoms with Crippen molar-refractivity contribution in [2.24, 2.45) is 0 Å². The molecule has 0 aromatic carbocycles. The number of carbonyl (C=O) groups is 1. The van der Waals surface area contributed by atoms with Crippen LogP contribution in [0.15, 0.2) is 17.1 Å². The molecule has 0 radical (unpaired) electrons. The van der Waals surface area contributed by atoms with Gasteiger partial charge in [-0.15, -0.1) is 0 Å². The zero-order valence-electron chi connectivity index (χ0n) is 13.8. The van der Waals surface area contributed by atoms with Crippen molar-refractivity contribution in [1.82, 2.24) is 9.55 Å². The molecule has 0 amide bonds. The SMILES string of the molecule is C[S+](CC[C@H]([NH3+])C(=O)[O-])C[C@H]1O[C@@H](n2ccc(N)nc2=O)[C@H](O)[C@@H]1O. The first-order valence-electron chi connectivity index (χ1n) is 7.70. The van der Waals surface area contributed by atoms with Gasteiger partial charge >= 0.3 is 5.69 Å². The number of nitrogens with two attached hydrogens (primary N) is 1. The van der Waals surface area contributed by atoms with E-state index in [1.807, 2.05) is 6.26 Å². The highest BCUT2D eigenvalue weighted by atomic mass is 32.2. The molecule has 1 aliphatic heterocycles. The number of carboxylic acid groups (broad SMARTS) is 1. The Bertz CT molecular complexity index is 671. The molecule has 0 bridgehead atoms. The molecule has 1 aromatic rings. The first-order chi connectivity index (χ1) is 11.7. The zero-order valence-corrected chi connectivity index (χ0v) is 14.6. The number of aliphatic carboxylic acids is 1. The van der Waals surface area contributed by atoms with Crippen LogP contribution < -0.4 is 22.3 Å². The van der Waals surface area contributed by atoms with E-state index in [1.165, 1.54) is 12.3 Å². The van der Waals surface area contributed by atoms with E-state index >= 15 is 0 Å². The topological polar surface area (TPSA) is 178 Å². The molecule has 1 aliphatic rings. The predicted octanol–water partition coefficient (Wildman–Crippen LogP) is -4.56. The summed E-state index contributed by atoms with van der Waals surface area (Å²) >= 11 is 0. The zero-order chi connectivity index (χ0) is 18.7. The Morgan fingerprint density at radius 2 is 2.24 bits per heavy atom. The Morgan fingerprint density at radius 3 is 2.84 bits per heavy atom. The van der Waals surface area contributed by atoms with Gasteiger partial charge < -0.3 is 36.3 Å². The average Bonchev–Trinajstić information content (AvgIpc) is 2.81. The first kappa shape index (κ1) is 19.7. The molecule has 0 saturated carbocycles. The molecule has 2 heterocycles. The molecular weight excluding hydrogens is 352 g/mol. The third kappa shape index (κ3) is 4.70. The second-order valence-electron chi connectivity index (χ2n) is 6.05. The molecule has 140 valence electrons. The van der Waals surface area contributed by atoms with E-state index in [2.05, 4.69) is 10.7 Å². The molecule has 1 saturated heterocycles. The van der Waals surface area contributed by atoms with Crippen LogP contribution in [-0.4, -0.2) is 67.8 Å². The number of anilines is 1. The van der Waals surface area contributed by atoms with E-state index in [0.29, 0.717) is 17.9 Å². The Hall–Kier alpha value is -1.66. The molecule has 1 unspecified atom stereocenters. The number of aromatic nitrogens is 2. The quantitative estimate of drug-likeness (QED) is 0.344. The minimum atomic E-state index is -1.28. The number of carboxylic acids is 1. The molecule has 0 aliphatic carbocycles. The molecule has 1 fully saturated rings. The van der Waals surface area contributed by atoms with Gasteiger partial charge in [-0.25, -0.2) is 4.79 Å². The summed E-state index contributed by atoms with van der Waals surface area (Å²) < 4.78 is 6.75. The van der Waals surface area contributed by atoms with Gasteiger partial charge in [0.25, 0.3) is 0 Å². The van der Waals surface area contributed by atoms with Crippen LogP contribution in [0.4, 0.5) is 5.82 Å². The summed E-state index contributed by atoms with van der Waals surface area (Å²) in [5.74, 6) is -0.138. The molecule has 11 heteroatoms. The van der Waals surface area contributed by atoms with E-state index in [0.717, 1.165) is 4.57 Å². The smallest absolute Gasteiger partial charge is 0.351 e. The molecule has 1 aromatic heterocycles. The lowest BCUT2D eigenvalue weighted by molar-refractivity contribution is -0.437. The van der Waals surface area contributed by atoms with E-state index in [1.54, 1.807) is 0 Å². The molecule has 6 atom stereocenters. The van der Waals surface area contributed by atoms with Crippen molar-refractivity contribution >= 4 is 22.7 Å². The van der Waals surface area contributed by atoms with E-state index in [4.69, 9.17) is 10.5 Å². The third-order valence-corrected chi connectivity index (χ3v) is 5.89. The van der Waals surface area contributed by atoms with Crippen molar-refractivity contribution in [3.8, 4) is 0 Å². The van der Waals surface area contributed by atoms with Crippen molar-refractivity contribution in [1.29, 1.82) is 0 Å². The van der Waals surface area contributed by atoms with Crippen molar-refractivity contribution in [3.05, 3.63) is 22.7 Å².